The zero-order valence-electron chi connectivity index (χ0n) is 19.6. The van der Waals surface area contributed by atoms with Gasteiger partial charge in [-0.1, -0.05) is 60.7 Å². The predicted molar refractivity (Wildman–Crippen MR) is 131 cm³/mol. The van der Waals surface area contributed by atoms with E-state index in [4.69, 9.17) is 0 Å². The van der Waals surface area contributed by atoms with Gasteiger partial charge in [0.15, 0.2) is 0 Å². The van der Waals surface area contributed by atoms with Crippen LogP contribution in [0.15, 0.2) is 72.8 Å². The zero-order valence-corrected chi connectivity index (χ0v) is 19.6. The summed E-state index contributed by atoms with van der Waals surface area (Å²) in [6.45, 7) is 7.94. The molecule has 1 heterocycles. The fourth-order valence-electron chi connectivity index (χ4n) is 4.80. The topological polar surface area (TPSA) is 23.6 Å². The number of likely N-dealkylation sites (tertiary alicyclic amines) is 1. The zero-order chi connectivity index (χ0) is 23.2. The lowest BCUT2D eigenvalue weighted by atomic mass is 9.86. The molecule has 3 aromatic carbocycles. The summed E-state index contributed by atoms with van der Waals surface area (Å²) in [6.07, 6.45) is 2.19. The third-order valence-electron chi connectivity index (χ3n) is 6.83. The van der Waals surface area contributed by atoms with Crippen molar-refractivity contribution in [1.82, 2.24) is 9.80 Å². The molecule has 0 N–H and O–H groups in total. The minimum absolute atomic E-state index is 0.0992. The van der Waals surface area contributed by atoms with Crippen molar-refractivity contribution in [1.29, 1.82) is 0 Å². The number of carbonyl (C=O) groups excluding carboxylic acids is 1. The molecule has 3 aromatic rings. The van der Waals surface area contributed by atoms with Gasteiger partial charge in [0, 0.05) is 26.6 Å². The first-order valence-electron chi connectivity index (χ1n) is 11.8. The van der Waals surface area contributed by atoms with Crippen LogP contribution in [-0.4, -0.2) is 28.8 Å². The third kappa shape index (κ3) is 6.08. The van der Waals surface area contributed by atoms with Crippen LogP contribution in [0.5, 0.6) is 0 Å². The lowest BCUT2D eigenvalue weighted by molar-refractivity contribution is -0.130. The molecular weight excluding hydrogens is 411 g/mol. The van der Waals surface area contributed by atoms with Gasteiger partial charge >= 0.3 is 0 Å². The standard InChI is InChI=1S/C29H33FN2O/c1-22-7-3-4-8-26(22)20-32(23(2)33)21-27-9-5-6-10-29(27)25-15-17-31(18-16-25)19-24-11-13-28(30)14-12-24/h3-14,25H,15-21H2,1-2H3. The summed E-state index contributed by atoms with van der Waals surface area (Å²) < 4.78 is 13.2. The van der Waals surface area contributed by atoms with Crippen LogP contribution >= 0.6 is 0 Å². The lowest BCUT2D eigenvalue weighted by Crippen LogP contribution is -2.33. The van der Waals surface area contributed by atoms with Crippen LogP contribution in [-0.2, 0) is 24.4 Å². The van der Waals surface area contributed by atoms with Crippen molar-refractivity contribution >= 4 is 5.91 Å². The van der Waals surface area contributed by atoms with Gasteiger partial charge in [-0.25, -0.2) is 4.39 Å². The van der Waals surface area contributed by atoms with Crippen LogP contribution in [0.2, 0.25) is 0 Å². The summed E-state index contributed by atoms with van der Waals surface area (Å²) in [5, 5.41) is 0. The van der Waals surface area contributed by atoms with Gasteiger partial charge in [0.05, 0.1) is 0 Å². The fraction of sp³-hybridized carbons (Fsp3) is 0.345. The molecular formula is C29H33FN2O. The number of nitrogens with zero attached hydrogens (tertiary/aromatic N) is 2. The summed E-state index contributed by atoms with van der Waals surface area (Å²) >= 11 is 0. The normalized spacial score (nSPS) is 14.9. The van der Waals surface area contributed by atoms with Gasteiger partial charge in [-0.2, -0.15) is 0 Å². The summed E-state index contributed by atoms with van der Waals surface area (Å²) in [6, 6.07) is 23.7. The fourth-order valence-corrected chi connectivity index (χ4v) is 4.80. The average Bonchev–Trinajstić information content (AvgIpc) is 2.82. The van der Waals surface area contributed by atoms with Gasteiger partial charge in [0.25, 0.3) is 0 Å². The van der Waals surface area contributed by atoms with E-state index >= 15 is 0 Å². The first-order chi connectivity index (χ1) is 16.0. The largest absolute Gasteiger partial charge is 0.334 e. The Labute approximate surface area is 196 Å². The Bertz CT molecular complexity index is 1070. The second-order valence-corrected chi connectivity index (χ2v) is 9.18. The summed E-state index contributed by atoms with van der Waals surface area (Å²) in [4.78, 5) is 16.9. The average molecular weight is 445 g/mol. The monoisotopic (exact) mass is 444 g/mol. The van der Waals surface area contributed by atoms with Gasteiger partial charge in [0.2, 0.25) is 5.91 Å². The number of aryl methyl sites for hydroxylation is 1. The van der Waals surface area contributed by atoms with Crippen molar-refractivity contribution in [2.24, 2.45) is 0 Å². The van der Waals surface area contributed by atoms with Crippen molar-refractivity contribution in [3.05, 3.63) is 106 Å². The first-order valence-corrected chi connectivity index (χ1v) is 11.8. The van der Waals surface area contributed by atoms with Gasteiger partial charge in [-0.05, 0) is 78.7 Å². The number of halogens is 1. The van der Waals surface area contributed by atoms with E-state index < -0.39 is 0 Å². The van der Waals surface area contributed by atoms with Crippen molar-refractivity contribution in [2.45, 2.75) is 52.2 Å². The van der Waals surface area contributed by atoms with Crippen LogP contribution < -0.4 is 0 Å². The molecule has 1 fully saturated rings. The van der Waals surface area contributed by atoms with Crippen LogP contribution in [0, 0.1) is 12.7 Å². The number of benzene rings is 3. The second-order valence-electron chi connectivity index (χ2n) is 9.18. The highest BCUT2D eigenvalue weighted by Crippen LogP contribution is 2.32. The molecule has 1 amide bonds. The van der Waals surface area contributed by atoms with Crippen LogP contribution in [0.4, 0.5) is 4.39 Å². The van der Waals surface area contributed by atoms with Gasteiger partial charge in [0.1, 0.15) is 5.82 Å². The van der Waals surface area contributed by atoms with E-state index in [1.807, 2.05) is 29.2 Å². The molecule has 0 unspecified atom stereocenters. The maximum absolute atomic E-state index is 13.2. The maximum atomic E-state index is 13.2. The first kappa shape index (κ1) is 23.2. The smallest absolute Gasteiger partial charge is 0.220 e. The van der Waals surface area contributed by atoms with E-state index in [9.17, 15) is 9.18 Å². The van der Waals surface area contributed by atoms with Gasteiger partial charge < -0.3 is 4.90 Å². The molecule has 0 spiro atoms. The van der Waals surface area contributed by atoms with Crippen LogP contribution in [0.1, 0.15) is 53.5 Å². The van der Waals surface area contributed by atoms with Crippen molar-refractivity contribution in [2.75, 3.05) is 13.1 Å². The highest BCUT2D eigenvalue weighted by Gasteiger charge is 2.23. The molecule has 0 bridgehead atoms. The Morgan fingerprint density at radius 3 is 2.18 bits per heavy atom. The van der Waals surface area contributed by atoms with Crippen molar-refractivity contribution in [3.8, 4) is 0 Å². The Morgan fingerprint density at radius 1 is 0.909 bits per heavy atom. The Kier molecular flexibility index (Phi) is 7.56. The number of piperidine rings is 1. The lowest BCUT2D eigenvalue weighted by Gasteiger charge is -2.33. The van der Waals surface area contributed by atoms with E-state index in [1.165, 1.54) is 34.4 Å². The summed E-state index contributed by atoms with van der Waals surface area (Å²) in [5.41, 5.74) is 6.18. The number of carbonyl (C=O) groups is 1. The van der Waals surface area contributed by atoms with Gasteiger partial charge in [-0.3, -0.25) is 9.69 Å². The quantitative estimate of drug-likeness (QED) is 0.442. The molecule has 1 aliphatic heterocycles. The second kappa shape index (κ2) is 10.8. The van der Waals surface area contributed by atoms with E-state index in [0.29, 0.717) is 19.0 Å². The Hall–Kier alpha value is -2.98. The number of rotatable bonds is 7. The molecule has 172 valence electrons. The van der Waals surface area contributed by atoms with E-state index in [0.717, 1.165) is 38.0 Å². The molecule has 1 saturated heterocycles. The van der Waals surface area contributed by atoms with E-state index in [2.05, 4.69) is 48.2 Å². The summed E-state index contributed by atoms with van der Waals surface area (Å²) in [5.74, 6) is 0.413. The van der Waals surface area contributed by atoms with E-state index in [-0.39, 0.29) is 11.7 Å². The predicted octanol–water partition coefficient (Wildman–Crippen LogP) is 6.06. The molecule has 33 heavy (non-hydrogen) atoms. The molecule has 4 heteroatoms. The highest BCUT2D eigenvalue weighted by atomic mass is 19.1. The van der Waals surface area contributed by atoms with Gasteiger partial charge in [-0.15, -0.1) is 0 Å². The molecule has 4 rings (SSSR count). The highest BCUT2D eigenvalue weighted by molar-refractivity contribution is 5.73. The molecule has 0 saturated carbocycles. The molecule has 0 aromatic heterocycles. The molecule has 0 atom stereocenters. The Balaban J connectivity index is 1.42. The number of hydrogen-bond acceptors (Lipinski definition) is 2. The van der Waals surface area contributed by atoms with Crippen LogP contribution in [0.3, 0.4) is 0 Å². The maximum Gasteiger partial charge on any atom is 0.220 e. The molecule has 3 nitrogen and oxygen atoms in total. The molecule has 0 aliphatic carbocycles. The number of amides is 1. The van der Waals surface area contributed by atoms with Crippen molar-refractivity contribution in [3.63, 3.8) is 0 Å². The summed E-state index contributed by atoms with van der Waals surface area (Å²) in [7, 11) is 0. The minimum Gasteiger partial charge on any atom is -0.334 e. The van der Waals surface area contributed by atoms with E-state index in [1.54, 1.807) is 6.92 Å². The number of hydrogen-bond donors (Lipinski definition) is 0. The molecule has 0 radical (unpaired) electrons. The minimum atomic E-state index is -0.184. The van der Waals surface area contributed by atoms with Crippen molar-refractivity contribution < 1.29 is 9.18 Å². The van der Waals surface area contributed by atoms with Crippen LogP contribution in [0.25, 0.3) is 0 Å². The Morgan fingerprint density at radius 2 is 1.52 bits per heavy atom. The molecule has 1 aliphatic rings. The SMILES string of the molecule is CC(=O)N(Cc1ccccc1C)Cc1ccccc1C1CCN(Cc2ccc(F)cc2)CC1. The third-order valence-corrected chi connectivity index (χ3v) is 6.83.